The minimum absolute atomic E-state index is 0.0132. The molecule has 3 rings (SSSR count). The Morgan fingerprint density at radius 3 is 2.10 bits per heavy atom. The van der Waals surface area contributed by atoms with Crippen molar-refractivity contribution in [1.29, 1.82) is 0 Å². The van der Waals surface area contributed by atoms with Crippen molar-refractivity contribution in [3.05, 3.63) is 83.1 Å². The van der Waals surface area contributed by atoms with Crippen LogP contribution in [0.25, 0.3) is 0 Å². The fraction of sp³-hybridized carbons (Fsp3) is 0.136. The summed E-state index contributed by atoms with van der Waals surface area (Å²) in [5, 5.41) is 2.56. The molecule has 31 heavy (non-hydrogen) atoms. The van der Waals surface area contributed by atoms with Gasteiger partial charge in [-0.25, -0.2) is 14.0 Å². The normalized spacial score (nSPS) is 10.3. The van der Waals surface area contributed by atoms with Crippen LogP contribution < -0.4 is 10.1 Å². The topological polar surface area (TPSA) is 104 Å². The molecule has 0 fully saturated rings. The van der Waals surface area contributed by atoms with Crippen molar-refractivity contribution in [2.24, 2.45) is 0 Å². The van der Waals surface area contributed by atoms with Gasteiger partial charge in [-0.1, -0.05) is 0 Å². The monoisotopic (exact) mass is 427 g/mol. The first-order chi connectivity index (χ1) is 14.9. The number of rotatable bonds is 7. The van der Waals surface area contributed by atoms with E-state index in [1.807, 2.05) is 0 Å². The van der Waals surface area contributed by atoms with E-state index in [1.54, 1.807) is 6.07 Å². The van der Waals surface area contributed by atoms with E-state index < -0.39 is 17.8 Å². The standard InChI is InChI=1S/C22H18FNO7/c1-28-21(26)13-9-14(22(27)29-2)11-16(10-13)24-20(25)19-8-7-18(31-19)12-30-17-5-3-15(23)4-6-17/h3-11H,12H2,1-2H3,(H,24,25). The van der Waals surface area contributed by atoms with Gasteiger partial charge in [0.1, 0.15) is 23.9 Å². The van der Waals surface area contributed by atoms with E-state index in [0.29, 0.717) is 11.5 Å². The number of anilines is 1. The molecule has 0 aliphatic carbocycles. The first kappa shape index (κ1) is 21.6. The fourth-order valence-corrected chi connectivity index (χ4v) is 2.63. The van der Waals surface area contributed by atoms with Crippen LogP contribution >= 0.6 is 0 Å². The molecule has 2 aromatic carbocycles. The maximum Gasteiger partial charge on any atom is 0.337 e. The summed E-state index contributed by atoms with van der Waals surface area (Å²) in [5.74, 6) is -1.55. The lowest BCUT2D eigenvalue weighted by Gasteiger charge is -2.09. The maximum absolute atomic E-state index is 12.9. The van der Waals surface area contributed by atoms with Crippen LogP contribution in [-0.2, 0) is 16.1 Å². The average Bonchev–Trinajstić information content (AvgIpc) is 3.26. The summed E-state index contributed by atoms with van der Waals surface area (Å²) in [4.78, 5) is 36.2. The maximum atomic E-state index is 12.9. The molecular weight excluding hydrogens is 409 g/mol. The molecule has 1 N–H and O–H groups in total. The number of halogens is 1. The smallest absolute Gasteiger partial charge is 0.337 e. The van der Waals surface area contributed by atoms with E-state index >= 15 is 0 Å². The molecule has 1 aromatic heterocycles. The predicted molar refractivity (Wildman–Crippen MR) is 107 cm³/mol. The Hall–Kier alpha value is -4.14. The first-order valence-electron chi connectivity index (χ1n) is 8.99. The van der Waals surface area contributed by atoms with Crippen molar-refractivity contribution < 1.29 is 37.4 Å². The van der Waals surface area contributed by atoms with Crippen molar-refractivity contribution >= 4 is 23.5 Å². The highest BCUT2D eigenvalue weighted by Crippen LogP contribution is 2.19. The van der Waals surface area contributed by atoms with Gasteiger partial charge in [0.15, 0.2) is 5.76 Å². The molecule has 9 heteroatoms. The van der Waals surface area contributed by atoms with Crippen molar-refractivity contribution in [3.8, 4) is 5.75 Å². The molecule has 1 amide bonds. The van der Waals surface area contributed by atoms with Crippen LogP contribution in [0.5, 0.6) is 5.75 Å². The predicted octanol–water partition coefficient (Wildman–Crippen LogP) is 3.82. The molecule has 0 saturated heterocycles. The minimum atomic E-state index is -0.681. The van der Waals surface area contributed by atoms with Crippen LogP contribution in [0.3, 0.4) is 0 Å². The van der Waals surface area contributed by atoms with Crippen LogP contribution in [0.4, 0.5) is 10.1 Å². The average molecular weight is 427 g/mol. The van der Waals surface area contributed by atoms with E-state index in [9.17, 15) is 18.8 Å². The van der Waals surface area contributed by atoms with Crippen LogP contribution in [-0.4, -0.2) is 32.1 Å². The zero-order chi connectivity index (χ0) is 22.4. The summed E-state index contributed by atoms with van der Waals surface area (Å²) < 4.78 is 33.2. The molecule has 0 saturated carbocycles. The summed E-state index contributed by atoms with van der Waals surface area (Å²) >= 11 is 0. The second kappa shape index (κ2) is 9.57. The Balaban J connectivity index is 1.71. The molecular formula is C22H18FNO7. The molecule has 0 atom stereocenters. The van der Waals surface area contributed by atoms with Gasteiger partial charge in [0, 0.05) is 5.69 Å². The van der Waals surface area contributed by atoms with Crippen molar-refractivity contribution in [3.63, 3.8) is 0 Å². The Morgan fingerprint density at radius 1 is 0.903 bits per heavy atom. The third-order valence-electron chi connectivity index (χ3n) is 4.11. The molecule has 8 nitrogen and oxygen atoms in total. The van der Waals surface area contributed by atoms with Crippen molar-refractivity contribution in [1.82, 2.24) is 0 Å². The molecule has 3 aromatic rings. The zero-order valence-electron chi connectivity index (χ0n) is 16.6. The molecule has 0 aliphatic heterocycles. The number of methoxy groups -OCH3 is 2. The van der Waals surface area contributed by atoms with Gasteiger partial charge in [-0.05, 0) is 54.6 Å². The highest BCUT2D eigenvalue weighted by atomic mass is 19.1. The highest BCUT2D eigenvalue weighted by molar-refractivity contribution is 6.04. The second-order valence-electron chi connectivity index (χ2n) is 6.24. The third-order valence-corrected chi connectivity index (χ3v) is 4.11. The van der Waals surface area contributed by atoms with Gasteiger partial charge in [-0.15, -0.1) is 0 Å². The number of furan rings is 1. The van der Waals surface area contributed by atoms with Gasteiger partial charge in [-0.2, -0.15) is 0 Å². The lowest BCUT2D eigenvalue weighted by Crippen LogP contribution is -2.13. The van der Waals surface area contributed by atoms with Gasteiger partial charge in [-0.3, -0.25) is 4.79 Å². The lowest BCUT2D eigenvalue weighted by atomic mass is 10.1. The number of hydrogen-bond donors (Lipinski definition) is 1. The quantitative estimate of drug-likeness (QED) is 0.572. The first-order valence-corrected chi connectivity index (χ1v) is 8.99. The van der Waals surface area contributed by atoms with E-state index in [-0.39, 0.29) is 35.0 Å². The third kappa shape index (κ3) is 5.47. The summed E-state index contributed by atoms with van der Waals surface area (Å²) in [7, 11) is 2.40. The van der Waals surface area contributed by atoms with Crippen LogP contribution in [0, 0.1) is 5.82 Å². The van der Waals surface area contributed by atoms with Crippen LogP contribution in [0.1, 0.15) is 37.0 Å². The lowest BCUT2D eigenvalue weighted by molar-refractivity contribution is 0.0599. The zero-order valence-corrected chi connectivity index (χ0v) is 16.6. The van der Waals surface area contributed by atoms with Crippen LogP contribution in [0.15, 0.2) is 59.0 Å². The van der Waals surface area contributed by atoms with Gasteiger partial charge < -0.3 is 23.9 Å². The number of hydrogen-bond acceptors (Lipinski definition) is 7. The summed E-state index contributed by atoms with van der Waals surface area (Å²) in [6.45, 7) is 0.0310. The summed E-state index contributed by atoms with van der Waals surface area (Å²) in [6.07, 6.45) is 0. The second-order valence-corrected chi connectivity index (χ2v) is 6.24. The largest absolute Gasteiger partial charge is 0.486 e. The highest BCUT2D eigenvalue weighted by Gasteiger charge is 2.17. The van der Waals surface area contributed by atoms with Crippen LogP contribution in [0.2, 0.25) is 0 Å². The molecule has 0 radical (unpaired) electrons. The van der Waals surface area contributed by atoms with Gasteiger partial charge in [0.2, 0.25) is 0 Å². The van der Waals surface area contributed by atoms with Gasteiger partial charge in [0.05, 0.1) is 25.3 Å². The Bertz CT molecular complexity index is 1070. The van der Waals surface area contributed by atoms with Gasteiger partial charge >= 0.3 is 11.9 Å². The molecule has 0 bridgehead atoms. The van der Waals surface area contributed by atoms with Crippen molar-refractivity contribution in [2.75, 3.05) is 19.5 Å². The van der Waals surface area contributed by atoms with E-state index in [2.05, 4.69) is 14.8 Å². The fourth-order valence-electron chi connectivity index (χ4n) is 2.63. The number of amides is 1. The Morgan fingerprint density at radius 2 is 1.52 bits per heavy atom. The van der Waals surface area contributed by atoms with Crippen molar-refractivity contribution in [2.45, 2.75) is 6.61 Å². The molecule has 1 heterocycles. The Kier molecular flexibility index (Phi) is 6.66. The summed E-state index contributed by atoms with van der Waals surface area (Å²) in [6, 6.07) is 12.5. The number of benzene rings is 2. The van der Waals surface area contributed by atoms with E-state index in [1.165, 1.54) is 62.8 Å². The molecule has 160 valence electrons. The number of ether oxygens (including phenoxy) is 3. The van der Waals surface area contributed by atoms with E-state index in [4.69, 9.17) is 9.15 Å². The van der Waals surface area contributed by atoms with Gasteiger partial charge in [0.25, 0.3) is 5.91 Å². The molecule has 0 aliphatic rings. The minimum Gasteiger partial charge on any atom is -0.486 e. The number of carbonyl (C=O) groups excluding carboxylic acids is 3. The molecule has 0 spiro atoms. The molecule has 0 unspecified atom stereocenters. The number of carbonyl (C=O) groups is 3. The number of esters is 2. The Labute approximate surface area is 176 Å². The SMILES string of the molecule is COC(=O)c1cc(NC(=O)c2ccc(COc3ccc(F)cc3)o2)cc(C(=O)OC)c1. The van der Waals surface area contributed by atoms with E-state index in [0.717, 1.165) is 0 Å². The summed E-state index contributed by atoms with van der Waals surface area (Å²) in [5.41, 5.74) is 0.302. The number of nitrogens with one attached hydrogen (secondary N) is 1.